The predicted octanol–water partition coefficient (Wildman–Crippen LogP) is 6.46. The second-order valence-corrected chi connectivity index (χ2v) is 6.51. The quantitative estimate of drug-likeness (QED) is 0.608. The van der Waals surface area contributed by atoms with Crippen molar-refractivity contribution < 1.29 is 0 Å². The average Bonchev–Trinajstić information content (AvgIpc) is 2.40. The lowest BCUT2D eigenvalue weighted by atomic mass is 9.91. The molecule has 2 rings (SSSR count). The molecule has 1 atom stereocenters. The highest BCUT2D eigenvalue weighted by Crippen LogP contribution is 2.28. The Morgan fingerprint density at radius 2 is 1.70 bits per heavy atom. The summed E-state index contributed by atoms with van der Waals surface area (Å²) in [5.74, 6) is 0.888. The Balaban J connectivity index is 2.19. The Labute approximate surface area is 131 Å². The molecule has 2 aromatic carbocycles. The van der Waals surface area contributed by atoms with Crippen molar-refractivity contribution in [2.45, 2.75) is 39.0 Å². The van der Waals surface area contributed by atoms with Crippen LogP contribution < -0.4 is 0 Å². The van der Waals surface area contributed by atoms with Crippen LogP contribution in [0.2, 0.25) is 10.0 Å². The molecule has 0 amide bonds. The average molecular weight is 307 g/mol. The van der Waals surface area contributed by atoms with Gasteiger partial charge in [-0.05, 0) is 53.1 Å². The van der Waals surface area contributed by atoms with Gasteiger partial charge in [-0.1, -0.05) is 68.2 Å². The zero-order valence-corrected chi connectivity index (χ0v) is 13.7. The van der Waals surface area contributed by atoms with Crippen molar-refractivity contribution in [3.8, 4) is 0 Å². The summed E-state index contributed by atoms with van der Waals surface area (Å²) in [5.41, 5.74) is 3.83. The van der Waals surface area contributed by atoms with Crippen molar-refractivity contribution in [1.82, 2.24) is 0 Å². The number of hydrogen-bond donors (Lipinski definition) is 0. The van der Waals surface area contributed by atoms with E-state index >= 15 is 0 Å². The summed E-state index contributed by atoms with van der Waals surface area (Å²) in [7, 11) is 0. The van der Waals surface area contributed by atoms with Crippen LogP contribution in [0.4, 0.5) is 0 Å². The Kier molecular flexibility index (Phi) is 5.12. The summed E-state index contributed by atoms with van der Waals surface area (Å²) in [6.07, 6.45) is 0.997. The molecule has 0 saturated heterocycles. The third-order valence-corrected chi connectivity index (χ3v) is 4.22. The maximum absolute atomic E-state index is 6.25. The van der Waals surface area contributed by atoms with Gasteiger partial charge in [-0.2, -0.15) is 0 Å². The lowest BCUT2D eigenvalue weighted by Crippen LogP contribution is -2.00. The molecule has 0 aromatic heterocycles. The molecular formula is C18H20Cl2. The highest BCUT2D eigenvalue weighted by molar-refractivity contribution is 6.31. The number of rotatable bonds is 4. The maximum Gasteiger partial charge on any atom is 0.0440 e. The maximum atomic E-state index is 6.25. The summed E-state index contributed by atoms with van der Waals surface area (Å²) < 4.78 is 0. The van der Waals surface area contributed by atoms with E-state index in [2.05, 4.69) is 39.0 Å². The van der Waals surface area contributed by atoms with Crippen LogP contribution in [0.1, 0.15) is 49.3 Å². The zero-order chi connectivity index (χ0) is 14.7. The minimum absolute atomic E-state index is 0.440. The Hall–Kier alpha value is -0.980. The van der Waals surface area contributed by atoms with E-state index in [1.807, 2.05) is 24.3 Å². The molecule has 106 valence electrons. The van der Waals surface area contributed by atoms with Crippen LogP contribution in [0.3, 0.4) is 0 Å². The van der Waals surface area contributed by atoms with Gasteiger partial charge in [0.25, 0.3) is 0 Å². The second kappa shape index (κ2) is 6.65. The van der Waals surface area contributed by atoms with Gasteiger partial charge in [0.1, 0.15) is 0 Å². The first kappa shape index (κ1) is 15.4. The monoisotopic (exact) mass is 306 g/mol. The molecular weight excluding hydrogens is 287 g/mol. The van der Waals surface area contributed by atoms with Gasteiger partial charge in [0.2, 0.25) is 0 Å². The molecule has 0 aliphatic rings. The Morgan fingerprint density at radius 3 is 2.35 bits per heavy atom. The fourth-order valence-electron chi connectivity index (χ4n) is 2.45. The highest BCUT2D eigenvalue weighted by atomic mass is 35.5. The summed E-state index contributed by atoms with van der Waals surface area (Å²) in [6, 6.07) is 14.5. The molecule has 0 fully saturated rings. The van der Waals surface area contributed by atoms with Crippen LogP contribution in [0.5, 0.6) is 0 Å². The van der Waals surface area contributed by atoms with Gasteiger partial charge >= 0.3 is 0 Å². The van der Waals surface area contributed by atoms with E-state index < -0.39 is 0 Å². The Morgan fingerprint density at radius 1 is 0.950 bits per heavy atom. The van der Waals surface area contributed by atoms with Crippen LogP contribution in [-0.2, 0) is 6.42 Å². The molecule has 1 unspecified atom stereocenters. The lowest BCUT2D eigenvalue weighted by Gasteiger charge is -2.15. The minimum atomic E-state index is 0.440. The zero-order valence-electron chi connectivity index (χ0n) is 12.2. The topological polar surface area (TPSA) is 0 Å². The Bertz CT molecular complexity index is 588. The number of hydrogen-bond acceptors (Lipinski definition) is 0. The van der Waals surface area contributed by atoms with Gasteiger partial charge in [-0.25, -0.2) is 0 Å². The van der Waals surface area contributed by atoms with Crippen LogP contribution in [-0.4, -0.2) is 0 Å². The molecule has 0 aliphatic carbocycles. The molecule has 0 radical (unpaired) electrons. The van der Waals surface area contributed by atoms with Gasteiger partial charge in [0.05, 0.1) is 0 Å². The van der Waals surface area contributed by atoms with Crippen LogP contribution in [0, 0.1) is 0 Å². The molecule has 2 aromatic rings. The lowest BCUT2D eigenvalue weighted by molar-refractivity contribution is 0.755. The summed E-state index contributed by atoms with van der Waals surface area (Å²) in [5, 5.41) is 1.66. The van der Waals surface area contributed by atoms with E-state index in [1.165, 1.54) is 16.7 Å². The summed E-state index contributed by atoms with van der Waals surface area (Å²) >= 11 is 12.3. The van der Waals surface area contributed by atoms with Crippen LogP contribution >= 0.6 is 23.2 Å². The second-order valence-electron chi connectivity index (χ2n) is 5.67. The van der Waals surface area contributed by atoms with Gasteiger partial charge in [0.15, 0.2) is 0 Å². The van der Waals surface area contributed by atoms with Crippen molar-refractivity contribution in [3.05, 3.63) is 69.2 Å². The number of benzene rings is 2. The van der Waals surface area contributed by atoms with Gasteiger partial charge in [-0.15, -0.1) is 0 Å². The third kappa shape index (κ3) is 3.77. The van der Waals surface area contributed by atoms with E-state index in [0.29, 0.717) is 11.8 Å². The molecule has 2 heteroatoms. The molecule has 0 heterocycles. The predicted molar refractivity (Wildman–Crippen MR) is 89.1 cm³/mol. The number of halogens is 2. The van der Waals surface area contributed by atoms with Crippen molar-refractivity contribution in [2.75, 3.05) is 0 Å². The largest absolute Gasteiger partial charge is 0.0843 e. The van der Waals surface area contributed by atoms with Gasteiger partial charge in [-0.3, -0.25) is 0 Å². The smallest absolute Gasteiger partial charge is 0.0440 e. The minimum Gasteiger partial charge on any atom is -0.0843 e. The van der Waals surface area contributed by atoms with Crippen LogP contribution in [0.25, 0.3) is 0 Å². The first-order chi connectivity index (χ1) is 9.47. The molecule has 0 saturated carbocycles. The van der Waals surface area contributed by atoms with Crippen molar-refractivity contribution >= 4 is 23.2 Å². The molecule has 20 heavy (non-hydrogen) atoms. The van der Waals surface area contributed by atoms with Gasteiger partial charge < -0.3 is 0 Å². The fourth-order valence-corrected chi connectivity index (χ4v) is 2.98. The molecule has 0 nitrogen and oxygen atoms in total. The molecule has 0 bridgehead atoms. The van der Waals surface area contributed by atoms with Crippen molar-refractivity contribution in [1.29, 1.82) is 0 Å². The first-order valence-electron chi connectivity index (χ1n) is 7.01. The molecule has 0 N–H and O–H groups in total. The highest BCUT2D eigenvalue weighted by Gasteiger charge is 2.10. The third-order valence-electron chi connectivity index (χ3n) is 3.64. The molecule has 0 spiro atoms. The summed E-state index contributed by atoms with van der Waals surface area (Å²) in [6.45, 7) is 6.58. The molecule has 0 aliphatic heterocycles. The van der Waals surface area contributed by atoms with E-state index in [4.69, 9.17) is 23.2 Å². The van der Waals surface area contributed by atoms with Crippen molar-refractivity contribution in [3.63, 3.8) is 0 Å². The van der Waals surface area contributed by atoms with Crippen molar-refractivity contribution in [2.24, 2.45) is 0 Å². The van der Waals surface area contributed by atoms with E-state index in [0.717, 1.165) is 16.5 Å². The SMILES string of the molecule is CC(C)c1cc(CC(C)c2cccc(Cl)c2)ccc1Cl. The normalized spacial score (nSPS) is 12.7. The van der Waals surface area contributed by atoms with E-state index in [-0.39, 0.29) is 0 Å². The van der Waals surface area contributed by atoms with E-state index in [9.17, 15) is 0 Å². The van der Waals surface area contributed by atoms with E-state index in [1.54, 1.807) is 0 Å². The first-order valence-corrected chi connectivity index (χ1v) is 7.76. The standard InChI is InChI=1S/C18H20Cl2/c1-12(2)17-10-14(7-8-18(17)20)9-13(3)15-5-4-6-16(19)11-15/h4-8,10-13H,9H2,1-3H3. The fraction of sp³-hybridized carbons (Fsp3) is 0.333. The summed E-state index contributed by atoms with van der Waals surface area (Å²) in [4.78, 5) is 0. The van der Waals surface area contributed by atoms with Gasteiger partial charge in [0, 0.05) is 10.0 Å². The van der Waals surface area contributed by atoms with Crippen LogP contribution in [0.15, 0.2) is 42.5 Å².